The van der Waals surface area contributed by atoms with Crippen molar-refractivity contribution >= 4 is 39.8 Å². The lowest BCUT2D eigenvalue weighted by Gasteiger charge is -2.43. The Bertz CT molecular complexity index is 909. The Hall–Kier alpha value is -1.61. The topological polar surface area (TPSA) is 70.6 Å². The van der Waals surface area contributed by atoms with E-state index in [9.17, 15) is 8.42 Å². The SMILES string of the molecule is CCNC(=NCc1ccc(S(C)(=O)=O)cc1)NCC1(c2ccccc2)CCC1.I. The number of halogens is 1. The zero-order valence-electron chi connectivity index (χ0n) is 17.0. The molecule has 0 saturated heterocycles. The highest BCUT2D eigenvalue weighted by Gasteiger charge is 2.38. The van der Waals surface area contributed by atoms with Crippen molar-refractivity contribution in [3.05, 3.63) is 65.7 Å². The van der Waals surface area contributed by atoms with Gasteiger partial charge in [-0.2, -0.15) is 0 Å². The van der Waals surface area contributed by atoms with Gasteiger partial charge < -0.3 is 10.6 Å². The van der Waals surface area contributed by atoms with E-state index in [0.717, 1.165) is 24.6 Å². The summed E-state index contributed by atoms with van der Waals surface area (Å²) in [7, 11) is -3.17. The molecule has 0 unspecified atom stereocenters. The number of hydrogen-bond donors (Lipinski definition) is 2. The van der Waals surface area contributed by atoms with Gasteiger partial charge >= 0.3 is 0 Å². The minimum atomic E-state index is -3.17. The molecule has 158 valence electrons. The first-order valence-corrected chi connectivity index (χ1v) is 11.7. The van der Waals surface area contributed by atoms with Crippen LogP contribution in [0.25, 0.3) is 0 Å². The Morgan fingerprint density at radius 2 is 1.69 bits per heavy atom. The Kier molecular flexibility index (Phi) is 8.51. The maximum Gasteiger partial charge on any atom is 0.191 e. The molecule has 29 heavy (non-hydrogen) atoms. The van der Waals surface area contributed by atoms with Crippen LogP contribution < -0.4 is 10.6 Å². The summed E-state index contributed by atoms with van der Waals surface area (Å²) in [6, 6.07) is 17.6. The van der Waals surface area contributed by atoms with Gasteiger partial charge in [0.15, 0.2) is 15.8 Å². The van der Waals surface area contributed by atoms with Crippen molar-refractivity contribution in [1.82, 2.24) is 10.6 Å². The number of guanidine groups is 1. The molecule has 2 aromatic carbocycles. The van der Waals surface area contributed by atoms with Crippen LogP contribution in [0, 0.1) is 0 Å². The van der Waals surface area contributed by atoms with Crippen LogP contribution in [0.2, 0.25) is 0 Å². The van der Waals surface area contributed by atoms with E-state index in [2.05, 4.69) is 52.9 Å². The van der Waals surface area contributed by atoms with E-state index in [1.165, 1.54) is 31.1 Å². The van der Waals surface area contributed by atoms with Crippen molar-refractivity contribution in [3.8, 4) is 0 Å². The maximum atomic E-state index is 11.6. The highest BCUT2D eigenvalue weighted by molar-refractivity contribution is 14.0. The van der Waals surface area contributed by atoms with Crippen LogP contribution in [-0.4, -0.2) is 33.7 Å². The molecule has 1 saturated carbocycles. The summed E-state index contributed by atoms with van der Waals surface area (Å²) in [5.41, 5.74) is 2.56. The fourth-order valence-corrected chi connectivity index (χ4v) is 4.20. The highest BCUT2D eigenvalue weighted by atomic mass is 127. The van der Waals surface area contributed by atoms with Gasteiger partial charge in [0.2, 0.25) is 0 Å². The van der Waals surface area contributed by atoms with Gasteiger partial charge in [0.1, 0.15) is 0 Å². The first kappa shape index (κ1) is 23.7. The molecule has 0 atom stereocenters. The number of rotatable bonds is 7. The summed E-state index contributed by atoms with van der Waals surface area (Å²) in [6.45, 7) is 4.19. The lowest BCUT2D eigenvalue weighted by Crippen LogP contribution is -2.48. The van der Waals surface area contributed by atoms with E-state index >= 15 is 0 Å². The molecule has 1 aliphatic rings. The molecule has 7 heteroatoms. The molecule has 0 spiro atoms. The Morgan fingerprint density at radius 1 is 1.03 bits per heavy atom. The summed E-state index contributed by atoms with van der Waals surface area (Å²) >= 11 is 0. The summed E-state index contributed by atoms with van der Waals surface area (Å²) in [5, 5.41) is 6.81. The molecule has 5 nitrogen and oxygen atoms in total. The van der Waals surface area contributed by atoms with Gasteiger partial charge in [0.25, 0.3) is 0 Å². The predicted octanol–water partition coefficient (Wildman–Crippen LogP) is 3.89. The van der Waals surface area contributed by atoms with Crippen LogP contribution in [0.15, 0.2) is 64.5 Å². The zero-order valence-corrected chi connectivity index (χ0v) is 20.2. The van der Waals surface area contributed by atoms with E-state index < -0.39 is 9.84 Å². The second-order valence-electron chi connectivity index (χ2n) is 7.46. The van der Waals surface area contributed by atoms with Crippen molar-refractivity contribution in [2.75, 3.05) is 19.3 Å². The zero-order chi connectivity index (χ0) is 20.0. The molecule has 0 amide bonds. The van der Waals surface area contributed by atoms with Crippen LogP contribution >= 0.6 is 24.0 Å². The van der Waals surface area contributed by atoms with Crippen molar-refractivity contribution in [2.24, 2.45) is 4.99 Å². The fourth-order valence-electron chi connectivity index (χ4n) is 3.57. The van der Waals surface area contributed by atoms with Crippen LogP contribution in [0.1, 0.15) is 37.3 Å². The number of hydrogen-bond acceptors (Lipinski definition) is 3. The molecule has 0 aromatic heterocycles. The summed E-state index contributed by atoms with van der Waals surface area (Å²) in [4.78, 5) is 5.01. The minimum absolute atomic E-state index is 0. The van der Waals surface area contributed by atoms with Crippen molar-refractivity contribution in [1.29, 1.82) is 0 Å². The van der Waals surface area contributed by atoms with Gasteiger partial charge in [-0.25, -0.2) is 13.4 Å². The molecule has 0 heterocycles. The monoisotopic (exact) mass is 527 g/mol. The summed E-state index contributed by atoms with van der Waals surface area (Å²) < 4.78 is 23.2. The molecule has 1 fully saturated rings. The van der Waals surface area contributed by atoms with Crippen LogP contribution in [-0.2, 0) is 21.8 Å². The van der Waals surface area contributed by atoms with Gasteiger partial charge in [0, 0.05) is 24.8 Å². The lowest BCUT2D eigenvalue weighted by molar-refractivity contribution is 0.244. The molecule has 3 rings (SSSR count). The second-order valence-corrected chi connectivity index (χ2v) is 9.48. The van der Waals surface area contributed by atoms with E-state index in [0.29, 0.717) is 11.4 Å². The average Bonchev–Trinajstić information content (AvgIpc) is 2.65. The predicted molar refractivity (Wildman–Crippen MR) is 130 cm³/mol. The second kappa shape index (κ2) is 10.4. The molecule has 0 bridgehead atoms. The number of nitrogens with one attached hydrogen (secondary N) is 2. The fraction of sp³-hybridized carbons (Fsp3) is 0.409. The maximum absolute atomic E-state index is 11.6. The molecule has 2 aromatic rings. The Morgan fingerprint density at radius 3 is 2.21 bits per heavy atom. The number of nitrogens with zero attached hydrogens (tertiary/aromatic N) is 1. The largest absolute Gasteiger partial charge is 0.357 e. The van der Waals surface area contributed by atoms with Crippen LogP contribution in [0.5, 0.6) is 0 Å². The third-order valence-electron chi connectivity index (χ3n) is 5.41. The van der Waals surface area contributed by atoms with Crippen LogP contribution in [0.3, 0.4) is 0 Å². The quantitative estimate of drug-likeness (QED) is 0.326. The van der Waals surface area contributed by atoms with Crippen molar-refractivity contribution in [3.63, 3.8) is 0 Å². The first-order chi connectivity index (χ1) is 13.4. The van der Waals surface area contributed by atoms with Gasteiger partial charge in [-0.05, 0) is 43.0 Å². The normalized spacial score (nSPS) is 15.7. The Balaban J connectivity index is 0.00000300. The van der Waals surface area contributed by atoms with E-state index in [-0.39, 0.29) is 29.4 Å². The first-order valence-electron chi connectivity index (χ1n) is 9.80. The molecule has 0 radical (unpaired) electrons. The van der Waals surface area contributed by atoms with Gasteiger partial charge in [-0.15, -0.1) is 24.0 Å². The molecule has 2 N–H and O–H groups in total. The number of benzene rings is 2. The molecule has 1 aliphatic carbocycles. The van der Waals surface area contributed by atoms with Gasteiger partial charge in [-0.1, -0.05) is 48.9 Å². The smallest absolute Gasteiger partial charge is 0.191 e. The minimum Gasteiger partial charge on any atom is -0.357 e. The summed E-state index contributed by atoms with van der Waals surface area (Å²) in [6.07, 6.45) is 4.86. The highest BCUT2D eigenvalue weighted by Crippen LogP contribution is 2.43. The molecular formula is C22H30IN3O2S. The number of sulfone groups is 1. The van der Waals surface area contributed by atoms with Gasteiger partial charge in [0.05, 0.1) is 11.4 Å². The summed E-state index contributed by atoms with van der Waals surface area (Å²) in [5.74, 6) is 0.789. The van der Waals surface area contributed by atoms with E-state index in [4.69, 9.17) is 0 Å². The molecular weight excluding hydrogens is 497 g/mol. The van der Waals surface area contributed by atoms with Gasteiger partial charge in [-0.3, -0.25) is 0 Å². The van der Waals surface area contributed by atoms with E-state index in [1.54, 1.807) is 12.1 Å². The average molecular weight is 527 g/mol. The molecule has 0 aliphatic heterocycles. The third kappa shape index (κ3) is 6.18. The third-order valence-corrected chi connectivity index (χ3v) is 6.53. The Labute approximate surface area is 191 Å². The van der Waals surface area contributed by atoms with Crippen molar-refractivity contribution < 1.29 is 8.42 Å². The van der Waals surface area contributed by atoms with E-state index in [1.807, 2.05) is 12.1 Å². The lowest BCUT2D eigenvalue weighted by atomic mass is 9.64. The standard InChI is InChI=1S/C22H29N3O2S.HI/c1-3-23-21(24-16-18-10-12-20(13-11-18)28(2,26)27)25-17-22(14-7-15-22)19-8-5-4-6-9-19;/h4-6,8-13H,3,7,14-17H2,1-2H3,(H2,23,24,25);1H. The number of aliphatic imine (C=N–C) groups is 1. The van der Waals surface area contributed by atoms with Crippen LogP contribution in [0.4, 0.5) is 0 Å². The van der Waals surface area contributed by atoms with Crippen molar-refractivity contribution in [2.45, 2.75) is 43.0 Å².